The molecule has 0 aromatic heterocycles. The lowest BCUT2D eigenvalue weighted by Crippen LogP contribution is -2.19. The molecule has 0 amide bonds. The summed E-state index contributed by atoms with van der Waals surface area (Å²) in [6.45, 7) is 7.39. The van der Waals surface area contributed by atoms with Crippen LogP contribution in [0, 0.1) is 0 Å². The summed E-state index contributed by atoms with van der Waals surface area (Å²) in [6.07, 6.45) is 2.17. The minimum Gasteiger partial charge on any atom is -0.497 e. The van der Waals surface area contributed by atoms with Crippen molar-refractivity contribution in [1.29, 1.82) is 0 Å². The van der Waals surface area contributed by atoms with E-state index in [0.717, 1.165) is 18.6 Å². The van der Waals surface area contributed by atoms with Crippen LogP contribution < -0.4 is 4.74 Å². The van der Waals surface area contributed by atoms with Gasteiger partial charge in [-0.15, -0.1) is 0 Å². The zero-order valence-electron chi connectivity index (χ0n) is 14.6. The van der Waals surface area contributed by atoms with Gasteiger partial charge in [-0.3, -0.25) is 0 Å². The second kappa shape index (κ2) is 6.36. The molecule has 2 aromatic carbocycles. The van der Waals surface area contributed by atoms with E-state index in [1.807, 2.05) is 0 Å². The SMILES string of the molecule is COc1ccc(CC2=C(C[Si](C)(C)C)c3ccccc3C2)cc1. The summed E-state index contributed by atoms with van der Waals surface area (Å²) in [7, 11) is 0.577. The van der Waals surface area contributed by atoms with Gasteiger partial charge < -0.3 is 4.74 Å². The second-order valence-electron chi connectivity index (χ2n) is 7.68. The van der Waals surface area contributed by atoms with E-state index in [1.165, 1.54) is 22.7 Å². The fourth-order valence-corrected chi connectivity index (χ4v) is 4.91. The van der Waals surface area contributed by atoms with Crippen LogP contribution in [-0.4, -0.2) is 15.2 Å². The molecule has 0 spiro atoms. The number of hydrogen-bond acceptors (Lipinski definition) is 1. The first-order valence-corrected chi connectivity index (χ1v) is 12.1. The van der Waals surface area contributed by atoms with Gasteiger partial charge in [-0.1, -0.05) is 61.6 Å². The van der Waals surface area contributed by atoms with Crippen LogP contribution in [0.4, 0.5) is 0 Å². The summed E-state index contributed by atoms with van der Waals surface area (Å²) < 4.78 is 5.27. The van der Waals surface area contributed by atoms with Gasteiger partial charge in [0.15, 0.2) is 0 Å². The Balaban J connectivity index is 1.92. The molecule has 1 aliphatic rings. The molecule has 3 rings (SSSR count). The molecule has 0 heterocycles. The largest absolute Gasteiger partial charge is 0.497 e. The van der Waals surface area contributed by atoms with Gasteiger partial charge in [-0.25, -0.2) is 0 Å². The maximum atomic E-state index is 5.27. The fourth-order valence-electron chi connectivity index (χ4n) is 3.41. The third-order valence-electron chi connectivity index (χ3n) is 4.46. The fraction of sp³-hybridized carbons (Fsp3) is 0.333. The molecule has 23 heavy (non-hydrogen) atoms. The van der Waals surface area contributed by atoms with Gasteiger partial charge in [0.25, 0.3) is 0 Å². The first-order valence-electron chi connectivity index (χ1n) is 8.38. The van der Waals surface area contributed by atoms with E-state index in [2.05, 4.69) is 68.2 Å². The van der Waals surface area contributed by atoms with Crippen LogP contribution in [-0.2, 0) is 12.8 Å². The van der Waals surface area contributed by atoms with Crippen molar-refractivity contribution >= 4 is 13.6 Å². The van der Waals surface area contributed by atoms with Gasteiger partial charge in [0.1, 0.15) is 5.75 Å². The van der Waals surface area contributed by atoms with Crippen molar-refractivity contribution in [2.45, 2.75) is 38.5 Å². The summed E-state index contributed by atoms with van der Waals surface area (Å²) in [4.78, 5) is 0. The first-order chi connectivity index (χ1) is 11.0. The molecule has 0 radical (unpaired) electrons. The summed E-state index contributed by atoms with van der Waals surface area (Å²) in [5.74, 6) is 0.930. The summed E-state index contributed by atoms with van der Waals surface area (Å²) in [5, 5.41) is 0. The Hall–Kier alpha value is -1.80. The van der Waals surface area contributed by atoms with Gasteiger partial charge >= 0.3 is 0 Å². The molecule has 0 saturated carbocycles. The highest BCUT2D eigenvalue weighted by Gasteiger charge is 2.25. The second-order valence-corrected chi connectivity index (χ2v) is 13.2. The smallest absolute Gasteiger partial charge is 0.118 e. The van der Waals surface area contributed by atoms with Gasteiger partial charge in [0, 0.05) is 8.07 Å². The number of hydrogen-bond donors (Lipinski definition) is 0. The minimum absolute atomic E-state index is 0.930. The topological polar surface area (TPSA) is 9.23 Å². The average Bonchev–Trinajstić information content (AvgIpc) is 2.84. The molecule has 120 valence electrons. The molecule has 0 atom stereocenters. The van der Waals surface area contributed by atoms with E-state index in [1.54, 1.807) is 18.3 Å². The standard InChI is InChI=1S/C21H26OSi/c1-22-19-11-9-16(10-12-19)13-18-14-17-7-5-6-8-20(17)21(18)15-23(2,3)4/h5-12H,13-15H2,1-4H3. The van der Waals surface area contributed by atoms with Crippen LogP contribution in [0.5, 0.6) is 5.75 Å². The van der Waals surface area contributed by atoms with Crippen LogP contribution >= 0.6 is 0 Å². The van der Waals surface area contributed by atoms with Crippen LogP contribution in [0.15, 0.2) is 54.1 Å². The first kappa shape index (κ1) is 16.1. The zero-order valence-corrected chi connectivity index (χ0v) is 15.6. The number of methoxy groups -OCH3 is 1. The molecule has 1 aliphatic carbocycles. The number of allylic oxidation sites excluding steroid dienone is 2. The van der Waals surface area contributed by atoms with E-state index in [0.29, 0.717) is 0 Å². The van der Waals surface area contributed by atoms with E-state index in [9.17, 15) is 0 Å². The van der Waals surface area contributed by atoms with E-state index in [-0.39, 0.29) is 0 Å². The summed E-state index contributed by atoms with van der Waals surface area (Å²) in [5.41, 5.74) is 7.61. The lowest BCUT2D eigenvalue weighted by molar-refractivity contribution is 0.414. The highest BCUT2D eigenvalue weighted by Crippen LogP contribution is 2.39. The van der Waals surface area contributed by atoms with Crippen molar-refractivity contribution < 1.29 is 4.74 Å². The molecule has 2 heteroatoms. The lowest BCUT2D eigenvalue weighted by atomic mass is 10.0. The maximum Gasteiger partial charge on any atom is 0.118 e. The van der Waals surface area contributed by atoms with Crippen molar-refractivity contribution in [2.24, 2.45) is 0 Å². The van der Waals surface area contributed by atoms with E-state index in [4.69, 9.17) is 4.74 Å². The molecule has 0 bridgehead atoms. The Bertz CT molecular complexity index is 720. The molecular weight excluding hydrogens is 296 g/mol. The summed E-state index contributed by atoms with van der Waals surface area (Å²) >= 11 is 0. The summed E-state index contributed by atoms with van der Waals surface area (Å²) in [6, 6.07) is 18.7. The number of fused-ring (bicyclic) bond motifs is 1. The quantitative estimate of drug-likeness (QED) is 0.652. The monoisotopic (exact) mass is 322 g/mol. The normalized spacial score (nSPS) is 14.1. The van der Waals surface area contributed by atoms with Gasteiger partial charge in [0.05, 0.1) is 7.11 Å². The van der Waals surface area contributed by atoms with Crippen molar-refractivity contribution in [3.63, 3.8) is 0 Å². The van der Waals surface area contributed by atoms with E-state index < -0.39 is 8.07 Å². The van der Waals surface area contributed by atoms with Gasteiger partial charge in [-0.05, 0) is 53.3 Å². The van der Waals surface area contributed by atoms with Crippen molar-refractivity contribution in [2.75, 3.05) is 7.11 Å². The Morgan fingerprint density at radius 2 is 1.65 bits per heavy atom. The third-order valence-corrected chi connectivity index (χ3v) is 5.87. The predicted molar refractivity (Wildman–Crippen MR) is 102 cm³/mol. The highest BCUT2D eigenvalue weighted by atomic mass is 28.3. The maximum absolute atomic E-state index is 5.27. The molecule has 0 N–H and O–H groups in total. The molecule has 0 aliphatic heterocycles. The predicted octanol–water partition coefficient (Wildman–Crippen LogP) is 5.59. The molecule has 0 fully saturated rings. The van der Waals surface area contributed by atoms with Crippen LogP contribution in [0.1, 0.15) is 16.7 Å². The Labute approximate surface area is 141 Å². The van der Waals surface area contributed by atoms with Crippen molar-refractivity contribution in [3.05, 3.63) is 70.8 Å². The highest BCUT2D eigenvalue weighted by molar-refractivity contribution is 6.77. The lowest BCUT2D eigenvalue weighted by Gasteiger charge is -2.19. The number of rotatable bonds is 5. The van der Waals surface area contributed by atoms with Gasteiger partial charge in [-0.2, -0.15) is 0 Å². The molecule has 0 saturated heterocycles. The molecule has 1 nitrogen and oxygen atoms in total. The van der Waals surface area contributed by atoms with Crippen LogP contribution in [0.3, 0.4) is 0 Å². The molecular formula is C21H26OSi. The van der Waals surface area contributed by atoms with Crippen molar-refractivity contribution in [1.82, 2.24) is 0 Å². The van der Waals surface area contributed by atoms with Crippen LogP contribution in [0.2, 0.25) is 25.7 Å². The minimum atomic E-state index is -1.14. The number of benzene rings is 2. The average molecular weight is 323 g/mol. The Kier molecular flexibility index (Phi) is 4.45. The zero-order chi connectivity index (χ0) is 16.4. The van der Waals surface area contributed by atoms with E-state index >= 15 is 0 Å². The molecule has 0 unspecified atom stereocenters. The molecule has 2 aromatic rings. The third kappa shape index (κ3) is 3.76. The van der Waals surface area contributed by atoms with Gasteiger partial charge in [0.2, 0.25) is 0 Å². The van der Waals surface area contributed by atoms with Crippen molar-refractivity contribution in [3.8, 4) is 5.75 Å². The Morgan fingerprint density at radius 1 is 0.957 bits per heavy atom. The van der Waals surface area contributed by atoms with Crippen LogP contribution in [0.25, 0.3) is 5.57 Å². The Morgan fingerprint density at radius 3 is 2.30 bits per heavy atom. The number of ether oxygens (including phenoxy) is 1.